The molecule has 0 heterocycles. The third-order valence-electron chi connectivity index (χ3n) is 4.30. The number of unbranched alkanes of at least 4 members (excludes halogenated alkanes) is 7. The molecule has 0 nitrogen and oxygen atoms in total. The lowest BCUT2D eigenvalue weighted by atomic mass is 9.98. The van der Waals surface area contributed by atoms with Crippen LogP contribution in [-0.2, 0) is 12.8 Å². The molecule has 0 aliphatic heterocycles. The Labute approximate surface area is 132 Å². The van der Waals surface area contributed by atoms with Crippen molar-refractivity contribution in [3.05, 3.63) is 39.4 Å². The van der Waals surface area contributed by atoms with Gasteiger partial charge in [0.15, 0.2) is 0 Å². The van der Waals surface area contributed by atoms with E-state index >= 15 is 0 Å². The standard InChI is InChI=1S/C19H27Br/c1-2-3-4-5-6-7-8-9-11-16-14-15-19(20)18-13-10-12-17(16)18/h10,12,14-15H,2-9,11,13H2,1H3. The van der Waals surface area contributed by atoms with Crippen LogP contribution in [0.3, 0.4) is 0 Å². The van der Waals surface area contributed by atoms with Gasteiger partial charge in [-0.15, -0.1) is 0 Å². The summed E-state index contributed by atoms with van der Waals surface area (Å²) in [4.78, 5) is 0. The summed E-state index contributed by atoms with van der Waals surface area (Å²) in [7, 11) is 0. The predicted molar refractivity (Wildman–Crippen MR) is 93.2 cm³/mol. The molecular weight excluding hydrogens is 308 g/mol. The van der Waals surface area contributed by atoms with Crippen molar-refractivity contribution in [2.24, 2.45) is 0 Å². The molecule has 0 radical (unpaired) electrons. The minimum absolute atomic E-state index is 1.10. The molecule has 0 saturated carbocycles. The third kappa shape index (κ3) is 4.48. The van der Waals surface area contributed by atoms with Crippen LogP contribution in [0.5, 0.6) is 0 Å². The fraction of sp³-hybridized carbons (Fsp3) is 0.579. The Morgan fingerprint density at radius 2 is 1.65 bits per heavy atom. The number of benzene rings is 1. The maximum Gasteiger partial charge on any atom is 0.0216 e. The van der Waals surface area contributed by atoms with Crippen molar-refractivity contribution in [3.8, 4) is 0 Å². The van der Waals surface area contributed by atoms with Crippen molar-refractivity contribution in [1.82, 2.24) is 0 Å². The maximum absolute atomic E-state index is 3.66. The molecule has 0 spiro atoms. The molecule has 0 fully saturated rings. The SMILES string of the molecule is CCCCCCCCCCc1ccc(Br)c2c1C=CC2. The first-order valence-corrected chi connectivity index (χ1v) is 9.09. The summed E-state index contributed by atoms with van der Waals surface area (Å²) >= 11 is 3.66. The molecule has 1 aliphatic rings. The number of hydrogen-bond acceptors (Lipinski definition) is 0. The summed E-state index contributed by atoms with van der Waals surface area (Å²) in [6.07, 6.45) is 18.1. The van der Waals surface area contributed by atoms with E-state index < -0.39 is 0 Å². The van der Waals surface area contributed by atoms with Gasteiger partial charge in [-0.05, 0) is 42.0 Å². The highest BCUT2D eigenvalue weighted by Crippen LogP contribution is 2.31. The Morgan fingerprint density at radius 3 is 2.40 bits per heavy atom. The highest BCUT2D eigenvalue weighted by atomic mass is 79.9. The molecule has 0 bridgehead atoms. The summed E-state index contributed by atoms with van der Waals surface area (Å²) in [5.74, 6) is 0. The molecule has 2 rings (SSSR count). The molecule has 0 saturated heterocycles. The van der Waals surface area contributed by atoms with Crippen molar-refractivity contribution < 1.29 is 0 Å². The second-order valence-electron chi connectivity index (χ2n) is 5.93. The summed E-state index contributed by atoms with van der Waals surface area (Å²) in [5.41, 5.74) is 4.52. The fourth-order valence-corrected chi connectivity index (χ4v) is 3.57. The summed E-state index contributed by atoms with van der Waals surface area (Å²) in [5, 5.41) is 0. The Balaban J connectivity index is 1.68. The first kappa shape index (κ1) is 15.8. The van der Waals surface area contributed by atoms with E-state index in [4.69, 9.17) is 0 Å². The number of hydrogen-bond donors (Lipinski definition) is 0. The van der Waals surface area contributed by atoms with Crippen molar-refractivity contribution in [3.63, 3.8) is 0 Å². The van der Waals surface area contributed by atoms with E-state index in [0.29, 0.717) is 0 Å². The summed E-state index contributed by atoms with van der Waals surface area (Å²) in [6.45, 7) is 2.28. The Kier molecular flexibility index (Phi) is 6.86. The van der Waals surface area contributed by atoms with E-state index in [1.165, 1.54) is 73.4 Å². The second-order valence-corrected chi connectivity index (χ2v) is 6.78. The Bertz CT molecular complexity index is 445. The maximum atomic E-state index is 3.66. The number of halogens is 1. The van der Waals surface area contributed by atoms with Crippen LogP contribution < -0.4 is 0 Å². The van der Waals surface area contributed by atoms with Gasteiger partial charge in [0.2, 0.25) is 0 Å². The molecular formula is C19H27Br. The van der Waals surface area contributed by atoms with Gasteiger partial charge < -0.3 is 0 Å². The zero-order valence-corrected chi connectivity index (χ0v) is 14.3. The number of aryl methyl sites for hydroxylation is 1. The van der Waals surface area contributed by atoms with Crippen molar-refractivity contribution in [1.29, 1.82) is 0 Å². The zero-order chi connectivity index (χ0) is 14.2. The molecule has 1 aromatic rings. The average molecular weight is 335 g/mol. The largest absolute Gasteiger partial charge is 0.0795 e. The predicted octanol–water partition coefficient (Wildman–Crippen LogP) is 6.70. The van der Waals surface area contributed by atoms with E-state index in [2.05, 4.69) is 47.1 Å². The average Bonchev–Trinajstić information content (AvgIpc) is 2.94. The lowest BCUT2D eigenvalue weighted by Crippen LogP contribution is -1.94. The number of rotatable bonds is 9. The van der Waals surface area contributed by atoms with Crippen LogP contribution >= 0.6 is 15.9 Å². The van der Waals surface area contributed by atoms with Gasteiger partial charge >= 0.3 is 0 Å². The molecule has 0 amide bonds. The van der Waals surface area contributed by atoms with Gasteiger partial charge in [0, 0.05) is 4.47 Å². The molecule has 110 valence electrons. The van der Waals surface area contributed by atoms with Gasteiger partial charge in [-0.2, -0.15) is 0 Å². The van der Waals surface area contributed by atoms with Crippen molar-refractivity contribution in [2.75, 3.05) is 0 Å². The van der Waals surface area contributed by atoms with Crippen molar-refractivity contribution >= 4 is 22.0 Å². The summed E-state index contributed by atoms with van der Waals surface area (Å²) < 4.78 is 1.28. The van der Waals surface area contributed by atoms with Crippen LogP contribution in [0.15, 0.2) is 22.7 Å². The van der Waals surface area contributed by atoms with Crippen LogP contribution in [0.2, 0.25) is 0 Å². The zero-order valence-electron chi connectivity index (χ0n) is 12.8. The van der Waals surface area contributed by atoms with Crippen LogP contribution in [0.1, 0.15) is 75.0 Å². The minimum atomic E-state index is 1.10. The van der Waals surface area contributed by atoms with E-state index in [9.17, 15) is 0 Å². The van der Waals surface area contributed by atoms with Gasteiger partial charge in [0.25, 0.3) is 0 Å². The lowest BCUT2D eigenvalue weighted by Gasteiger charge is -2.09. The number of allylic oxidation sites excluding steroid dienone is 1. The topological polar surface area (TPSA) is 0 Å². The Hall–Kier alpha value is -0.560. The molecule has 1 aromatic carbocycles. The second kappa shape index (κ2) is 8.67. The molecule has 0 unspecified atom stereocenters. The first-order chi connectivity index (χ1) is 9.83. The molecule has 1 aliphatic carbocycles. The molecule has 1 heteroatoms. The molecule has 0 atom stereocenters. The van der Waals surface area contributed by atoms with E-state index in [1.54, 1.807) is 5.56 Å². The lowest BCUT2D eigenvalue weighted by molar-refractivity contribution is 0.575. The highest BCUT2D eigenvalue weighted by molar-refractivity contribution is 9.10. The molecule has 0 aromatic heterocycles. The molecule has 20 heavy (non-hydrogen) atoms. The Morgan fingerprint density at radius 1 is 0.950 bits per heavy atom. The normalized spacial score (nSPS) is 12.9. The smallest absolute Gasteiger partial charge is 0.0216 e. The quantitative estimate of drug-likeness (QED) is 0.440. The minimum Gasteiger partial charge on any atom is -0.0795 e. The van der Waals surface area contributed by atoms with E-state index in [1.807, 2.05) is 0 Å². The monoisotopic (exact) mass is 334 g/mol. The van der Waals surface area contributed by atoms with Gasteiger partial charge in [0.1, 0.15) is 0 Å². The first-order valence-electron chi connectivity index (χ1n) is 8.29. The fourth-order valence-electron chi connectivity index (χ4n) is 3.06. The van der Waals surface area contributed by atoms with Crippen LogP contribution in [-0.4, -0.2) is 0 Å². The van der Waals surface area contributed by atoms with Crippen molar-refractivity contribution in [2.45, 2.75) is 71.1 Å². The van der Waals surface area contributed by atoms with E-state index in [0.717, 1.165) is 6.42 Å². The van der Waals surface area contributed by atoms with Gasteiger partial charge in [0.05, 0.1) is 0 Å². The van der Waals surface area contributed by atoms with Gasteiger partial charge in [-0.1, -0.05) is 86.0 Å². The third-order valence-corrected chi connectivity index (χ3v) is 5.04. The van der Waals surface area contributed by atoms with Crippen LogP contribution in [0, 0.1) is 0 Å². The van der Waals surface area contributed by atoms with Crippen LogP contribution in [0.25, 0.3) is 6.08 Å². The molecule has 0 N–H and O–H groups in total. The van der Waals surface area contributed by atoms with Gasteiger partial charge in [-0.3, -0.25) is 0 Å². The van der Waals surface area contributed by atoms with E-state index in [-0.39, 0.29) is 0 Å². The number of fused-ring (bicyclic) bond motifs is 1. The summed E-state index contributed by atoms with van der Waals surface area (Å²) in [6, 6.07) is 4.53. The van der Waals surface area contributed by atoms with Gasteiger partial charge in [-0.25, -0.2) is 0 Å². The van der Waals surface area contributed by atoms with Crippen LogP contribution in [0.4, 0.5) is 0 Å². The highest BCUT2D eigenvalue weighted by Gasteiger charge is 2.12.